The molecule has 2 aromatic rings. The Hall–Kier alpha value is -2.31. The van der Waals surface area contributed by atoms with Crippen LogP contribution < -0.4 is 0 Å². The highest BCUT2D eigenvalue weighted by Gasteiger charge is 2.33. The third-order valence-electron chi connectivity index (χ3n) is 2.47. The molecule has 7 heteroatoms. The molecule has 4 nitrogen and oxygen atoms in total. The van der Waals surface area contributed by atoms with Gasteiger partial charge >= 0.3 is 12.1 Å². The van der Waals surface area contributed by atoms with Gasteiger partial charge in [-0.2, -0.15) is 13.2 Å². The summed E-state index contributed by atoms with van der Waals surface area (Å²) in [6, 6.07) is 3.02. The van der Waals surface area contributed by atoms with Crippen LogP contribution in [0, 0.1) is 0 Å². The Kier molecular flexibility index (Phi) is 3.78. The number of rotatable bonds is 3. The number of carbonyl (C=O) groups excluding carboxylic acids is 1. The summed E-state index contributed by atoms with van der Waals surface area (Å²) < 4.78 is 43.5. The quantitative estimate of drug-likeness (QED) is 0.643. The lowest BCUT2D eigenvalue weighted by molar-refractivity contribution is -0.141. The fraction of sp³-hybridized carbons (Fsp3) is 0.231. The first kappa shape index (κ1) is 14.1. The molecule has 20 heavy (non-hydrogen) atoms. The number of fused-ring (bicyclic) bond motifs is 1. The number of hydrogen-bond acceptors (Lipinski definition) is 3. The summed E-state index contributed by atoms with van der Waals surface area (Å²) in [6.45, 7) is 1.94. The minimum atomic E-state index is -4.48. The second kappa shape index (κ2) is 5.36. The van der Waals surface area contributed by atoms with Gasteiger partial charge in [0.1, 0.15) is 5.65 Å². The maximum absolute atomic E-state index is 12.5. The van der Waals surface area contributed by atoms with Crippen molar-refractivity contribution >= 4 is 17.7 Å². The zero-order valence-electron chi connectivity index (χ0n) is 10.5. The number of alkyl halides is 3. The molecule has 0 aliphatic heterocycles. The predicted octanol–water partition coefficient (Wildman–Crippen LogP) is 2.93. The van der Waals surface area contributed by atoms with Crippen LogP contribution >= 0.6 is 0 Å². The van der Waals surface area contributed by atoms with Crippen molar-refractivity contribution in [3.05, 3.63) is 41.9 Å². The Morgan fingerprint density at radius 3 is 2.90 bits per heavy atom. The van der Waals surface area contributed by atoms with Gasteiger partial charge in [-0.15, -0.1) is 0 Å². The van der Waals surface area contributed by atoms with Crippen molar-refractivity contribution in [2.24, 2.45) is 0 Å². The van der Waals surface area contributed by atoms with Gasteiger partial charge in [-0.1, -0.05) is 0 Å². The average molecular weight is 284 g/mol. The number of imidazole rings is 1. The number of carbonyl (C=O) groups is 1. The molecule has 0 fully saturated rings. The number of hydrogen-bond donors (Lipinski definition) is 0. The van der Waals surface area contributed by atoms with E-state index in [0.29, 0.717) is 5.56 Å². The van der Waals surface area contributed by atoms with Crippen LogP contribution in [-0.4, -0.2) is 22.0 Å². The molecule has 0 aliphatic rings. The van der Waals surface area contributed by atoms with Crippen molar-refractivity contribution in [1.82, 2.24) is 9.38 Å². The summed E-state index contributed by atoms with van der Waals surface area (Å²) in [6.07, 6.45) is 0.548. The molecule has 2 rings (SSSR count). The van der Waals surface area contributed by atoms with Crippen molar-refractivity contribution in [3.8, 4) is 0 Å². The number of ether oxygens (including phenoxy) is 1. The van der Waals surface area contributed by atoms with E-state index in [-0.39, 0.29) is 12.3 Å². The van der Waals surface area contributed by atoms with Gasteiger partial charge in [0.05, 0.1) is 6.61 Å². The zero-order chi connectivity index (χ0) is 14.8. The van der Waals surface area contributed by atoms with Crippen molar-refractivity contribution in [1.29, 1.82) is 0 Å². The summed E-state index contributed by atoms with van der Waals surface area (Å²) in [4.78, 5) is 14.6. The highest BCUT2D eigenvalue weighted by Crippen LogP contribution is 2.28. The minimum Gasteiger partial charge on any atom is -0.463 e. The van der Waals surface area contributed by atoms with Gasteiger partial charge in [0, 0.05) is 18.5 Å². The van der Waals surface area contributed by atoms with Gasteiger partial charge < -0.3 is 9.14 Å². The number of esters is 1. The molecule has 0 bridgehead atoms. The number of halogens is 3. The van der Waals surface area contributed by atoms with E-state index in [1.807, 2.05) is 0 Å². The Balaban J connectivity index is 2.27. The van der Waals surface area contributed by atoms with E-state index >= 15 is 0 Å². The molecule has 0 amide bonds. The van der Waals surface area contributed by atoms with E-state index in [4.69, 9.17) is 4.74 Å². The van der Waals surface area contributed by atoms with Crippen LogP contribution in [0.2, 0.25) is 0 Å². The summed E-state index contributed by atoms with van der Waals surface area (Å²) in [5, 5.41) is 0. The molecular weight excluding hydrogens is 273 g/mol. The Morgan fingerprint density at radius 1 is 1.50 bits per heavy atom. The van der Waals surface area contributed by atoms with Crippen LogP contribution in [0.3, 0.4) is 0 Å². The third-order valence-corrected chi connectivity index (χ3v) is 2.47. The van der Waals surface area contributed by atoms with Crippen LogP contribution in [0.4, 0.5) is 13.2 Å². The first-order chi connectivity index (χ1) is 9.40. The van der Waals surface area contributed by atoms with E-state index in [9.17, 15) is 18.0 Å². The molecular formula is C13H11F3N2O2. The van der Waals surface area contributed by atoms with Crippen LogP contribution in [0.1, 0.15) is 18.2 Å². The topological polar surface area (TPSA) is 43.6 Å². The second-order valence-electron chi connectivity index (χ2n) is 3.93. The van der Waals surface area contributed by atoms with Crippen LogP contribution in [0.15, 0.2) is 30.6 Å². The molecule has 0 saturated heterocycles. The van der Waals surface area contributed by atoms with Gasteiger partial charge in [0.15, 0.2) is 5.69 Å². The van der Waals surface area contributed by atoms with Crippen molar-refractivity contribution in [2.45, 2.75) is 13.1 Å². The number of aromatic nitrogens is 2. The molecule has 2 heterocycles. The number of nitrogens with zero attached hydrogens (tertiary/aromatic N) is 2. The van der Waals surface area contributed by atoms with Crippen LogP contribution in [-0.2, 0) is 15.7 Å². The predicted molar refractivity (Wildman–Crippen MR) is 65.9 cm³/mol. The van der Waals surface area contributed by atoms with E-state index in [1.165, 1.54) is 28.8 Å². The van der Waals surface area contributed by atoms with Crippen molar-refractivity contribution in [2.75, 3.05) is 6.61 Å². The van der Waals surface area contributed by atoms with Crippen molar-refractivity contribution in [3.63, 3.8) is 0 Å². The lowest BCUT2D eigenvalue weighted by Crippen LogP contribution is -2.04. The summed E-state index contributed by atoms with van der Waals surface area (Å²) in [5.74, 6) is -0.508. The van der Waals surface area contributed by atoms with Gasteiger partial charge in [-0.3, -0.25) is 0 Å². The van der Waals surface area contributed by atoms with E-state index < -0.39 is 17.8 Å². The number of pyridine rings is 1. The average Bonchev–Trinajstić information content (AvgIpc) is 2.79. The largest absolute Gasteiger partial charge is 0.463 e. The third kappa shape index (κ3) is 3.17. The van der Waals surface area contributed by atoms with Gasteiger partial charge in [0.2, 0.25) is 0 Å². The van der Waals surface area contributed by atoms with Crippen LogP contribution in [0.25, 0.3) is 11.7 Å². The first-order valence-electron chi connectivity index (χ1n) is 5.81. The zero-order valence-corrected chi connectivity index (χ0v) is 10.5. The van der Waals surface area contributed by atoms with Gasteiger partial charge in [0.25, 0.3) is 0 Å². The Labute approximate surface area is 112 Å². The molecule has 0 aliphatic carbocycles. The minimum absolute atomic E-state index is 0.156. The molecule has 0 radical (unpaired) electrons. The second-order valence-corrected chi connectivity index (χ2v) is 3.93. The molecule has 0 spiro atoms. The highest BCUT2D eigenvalue weighted by atomic mass is 19.4. The fourth-order valence-corrected chi connectivity index (χ4v) is 1.59. The monoisotopic (exact) mass is 284 g/mol. The maximum Gasteiger partial charge on any atom is 0.434 e. The Morgan fingerprint density at radius 2 is 2.25 bits per heavy atom. The lowest BCUT2D eigenvalue weighted by atomic mass is 10.2. The molecule has 106 valence electrons. The van der Waals surface area contributed by atoms with E-state index in [0.717, 1.165) is 6.20 Å². The van der Waals surface area contributed by atoms with E-state index in [2.05, 4.69) is 4.98 Å². The van der Waals surface area contributed by atoms with Gasteiger partial charge in [-0.25, -0.2) is 9.78 Å². The fourth-order valence-electron chi connectivity index (χ4n) is 1.59. The molecule has 0 aromatic carbocycles. The lowest BCUT2D eigenvalue weighted by Gasteiger charge is -1.98. The first-order valence-corrected chi connectivity index (χ1v) is 5.81. The van der Waals surface area contributed by atoms with Crippen LogP contribution in [0.5, 0.6) is 0 Å². The van der Waals surface area contributed by atoms with Gasteiger partial charge in [-0.05, 0) is 30.7 Å². The molecule has 0 atom stereocenters. The normalized spacial score (nSPS) is 12.2. The summed E-state index contributed by atoms with van der Waals surface area (Å²) >= 11 is 0. The summed E-state index contributed by atoms with van der Waals surface area (Å²) in [7, 11) is 0. The smallest absolute Gasteiger partial charge is 0.434 e. The molecule has 0 saturated carbocycles. The molecule has 0 N–H and O–H groups in total. The maximum atomic E-state index is 12.5. The SMILES string of the molecule is CCOC(=O)C=Cc1ccn2cc(C(F)(F)F)nc2c1. The highest BCUT2D eigenvalue weighted by molar-refractivity contribution is 5.87. The van der Waals surface area contributed by atoms with E-state index in [1.54, 1.807) is 13.0 Å². The van der Waals surface area contributed by atoms with Crippen molar-refractivity contribution < 1.29 is 22.7 Å². The Bertz CT molecular complexity index is 659. The summed E-state index contributed by atoms with van der Waals surface area (Å²) in [5.41, 5.74) is -0.239. The molecule has 0 unspecified atom stereocenters. The standard InChI is InChI=1S/C13H11F3N2O2/c1-2-20-12(19)4-3-9-5-6-18-8-10(13(14,15)16)17-11(18)7-9/h3-8H,2H2,1H3. The molecule has 2 aromatic heterocycles.